The lowest BCUT2D eigenvalue weighted by molar-refractivity contribution is 0.491. The van der Waals surface area contributed by atoms with Gasteiger partial charge < -0.3 is 4.42 Å². The molecule has 1 heterocycles. The third-order valence-corrected chi connectivity index (χ3v) is 2.27. The summed E-state index contributed by atoms with van der Waals surface area (Å²) in [6, 6.07) is 3.90. The molecule has 5 heteroatoms. The Balaban J connectivity index is 2.39. The van der Waals surface area contributed by atoms with Gasteiger partial charge in [0.25, 0.3) is 0 Å². The number of rotatable bonds is 3. The van der Waals surface area contributed by atoms with E-state index in [1.807, 2.05) is 0 Å². The monoisotopic (exact) mass is 243 g/mol. The standard InChI is InChI=1S/C11H8ClF2NO/c12-5-4-10-15-6-9(16-10)7-2-1-3-8(13)11(7)14/h1-3,6H,4-5H2. The summed E-state index contributed by atoms with van der Waals surface area (Å²) in [6.45, 7) is 0. The zero-order valence-electron chi connectivity index (χ0n) is 8.21. The van der Waals surface area contributed by atoms with Crippen molar-refractivity contribution < 1.29 is 13.2 Å². The molecule has 2 nitrogen and oxygen atoms in total. The second kappa shape index (κ2) is 4.61. The Kier molecular flexibility index (Phi) is 3.19. The van der Waals surface area contributed by atoms with E-state index in [1.54, 1.807) is 0 Å². The molecule has 0 aliphatic rings. The van der Waals surface area contributed by atoms with Crippen molar-refractivity contribution in [3.05, 3.63) is 41.9 Å². The van der Waals surface area contributed by atoms with Gasteiger partial charge in [-0.2, -0.15) is 0 Å². The second-order valence-electron chi connectivity index (χ2n) is 3.16. The van der Waals surface area contributed by atoms with Crippen LogP contribution < -0.4 is 0 Å². The van der Waals surface area contributed by atoms with Crippen LogP contribution in [0.2, 0.25) is 0 Å². The smallest absolute Gasteiger partial charge is 0.196 e. The van der Waals surface area contributed by atoms with Gasteiger partial charge in [0.1, 0.15) is 0 Å². The SMILES string of the molecule is Fc1cccc(-c2cnc(CCCl)o2)c1F. The molecule has 0 spiro atoms. The molecule has 0 saturated carbocycles. The Morgan fingerprint density at radius 1 is 1.31 bits per heavy atom. The molecular formula is C11H8ClF2NO. The maximum atomic E-state index is 13.4. The molecule has 2 aromatic rings. The van der Waals surface area contributed by atoms with E-state index >= 15 is 0 Å². The predicted molar refractivity (Wildman–Crippen MR) is 56.3 cm³/mol. The van der Waals surface area contributed by atoms with E-state index in [-0.39, 0.29) is 11.3 Å². The predicted octanol–water partition coefficient (Wildman–Crippen LogP) is 3.40. The first kappa shape index (κ1) is 11.1. The fourth-order valence-electron chi connectivity index (χ4n) is 1.33. The third-order valence-electron chi connectivity index (χ3n) is 2.08. The van der Waals surface area contributed by atoms with Gasteiger partial charge in [-0.05, 0) is 12.1 Å². The van der Waals surface area contributed by atoms with Crippen molar-refractivity contribution in [3.63, 3.8) is 0 Å². The van der Waals surface area contributed by atoms with Crippen LogP contribution in [0.3, 0.4) is 0 Å². The number of alkyl halides is 1. The fourth-order valence-corrected chi connectivity index (χ4v) is 1.49. The van der Waals surface area contributed by atoms with Crippen molar-refractivity contribution in [3.8, 4) is 11.3 Å². The van der Waals surface area contributed by atoms with Crippen LogP contribution in [0.4, 0.5) is 8.78 Å². The quantitative estimate of drug-likeness (QED) is 0.773. The Morgan fingerprint density at radius 2 is 2.12 bits per heavy atom. The molecule has 0 bridgehead atoms. The fraction of sp³-hybridized carbons (Fsp3) is 0.182. The highest BCUT2D eigenvalue weighted by Crippen LogP contribution is 2.25. The number of hydrogen-bond acceptors (Lipinski definition) is 2. The second-order valence-corrected chi connectivity index (χ2v) is 3.54. The van der Waals surface area contributed by atoms with Crippen LogP contribution >= 0.6 is 11.6 Å². The average molecular weight is 244 g/mol. The molecular weight excluding hydrogens is 236 g/mol. The van der Waals surface area contributed by atoms with Gasteiger partial charge in [0.15, 0.2) is 23.3 Å². The highest BCUT2D eigenvalue weighted by atomic mass is 35.5. The van der Waals surface area contributed by atoms with E-state index < -0.39 is 11.6 Å². The van der Waals surface area contributed by atoms with Crippen LogP contribution in [0.15, 0.2) is 28.8 Å². The molecule has 0 amide bonds. The number of nitrogens with zero attached hydrogens (tertiary/aromatic N) is 1. The summed E-state index contributed by atoms with van der Waals surface area (Å²) in [4.78, 5) is 3.91. The molecule has 2 rings (SSSR count). The first-order valence-corrected chi connectivity index (χ1v) is 5.21. The zero-order chi connectivity index (χ0) is 11.5. The summed E-state index contributed by atoms with van der Waals surface area (Å²) in [5.74, 6) is -0.861. The van der Waals surface area contributed by atoms with E-state index in [0.29, 0.717) is 18.2 Å². The maximum Gasteiger partial charge on any atom is 0.196 e. The van der Waals surface area contributed by atoms with Crippen LogP contribution in [0.5, 0.6) is 0 Å². The Labute approximate surface area is 95.9 Å². The van der Waals surface area contributed by atoms with Crippen molar-refractivity contribution in [2.75, 3.05) is 5.88 Å². The van der Waals surface area contributed by atoms with Crippen molar-refractivity contribution in [2.45, 2.75) is 6.42 Å². The van der Waals surface area contributed by atoms with E-state index in [9.17, 15) is 8.78 Å². The van der Waals surface area contributed by atoms with Crippen LogP contribution in [-0.4, -0.2) is 10.9 Å². The maximum absolute atomic E-state index is 13.4. The van der Waals surface area contributed by atoms with Gasteiger partial charge in [0, 0.05) is 12.3 Å². The normalized spacial score (nSPS) is 10.7. The van der Waals surface area contributed by atoms with Crippen LogP contribution in [0.25, 0.3) is 11.3 Å². The van der Waals surface area contributed by atoms with Crippen LogP contribution in [-0.2, 0) is 6.42 Å². The molecule has 1 aromatic heterocycles. The number of oxazole rings is 1. The van der Waals surface area contributed by atoms with Gasteiger partial charge >= 0.3 is 0 Å². The molecule has 0 radical (unpaired) electrons. The minimum Gasteiger partial charge on any atom is -0.441 e. The topological polar surface area (TPSA) is 26.0 Å². The minimum atomic E-state index is -0.934. The van der Waals surface area contributed by atoms with Crippen LogP contribution in [0, 0.1) is 11.6 Å². The molecule has 0 atom stereocenters. The van der Waals surface area contributed by atoms with Crippen molar-refractivity contribution >= 4 is 11.6 Å². The third kappa shape index (κ3) is 2.07. The molecule has 1 aromatic carbocycles. The van der Waals surface area contributed by atoms with Gasteiger partial charge in [-0.3, -0.25) is 0 Å². The lowest BCUT2D eigenvalue weighted by Gasteiger charge is -1.99. The zero-order valence-corrected chi connectivity index (χ0v) is 8.97. The summed E-state index contributed by atoms with van der Waals surface area (Å²) in [6.07, 6.45) is 1.82. The summed E-state index contributed by atoms with van der Waals surface area (Å²) >= 11 is 5.51. The molecule has 0 aliphatic carbocycles. The van der Waals surface area contributed by atoms with Gasteiger partial charge in [0.05, 0.1) is 11.8 Å². The first-order chi connectivity index (χ1) is 7.72. The summed E-state index contributed by atoms with van der Waals surface area (Å²) in [5.41, 5.74) is 0.0633. The van der Waals surface area contributed by atoms with Crippen LogP contribution in [0.1, 0.15) is 5.89 Å². The summed E-state index contributed by atoms with van der Waals surface area (Å²) in [7, 11) is 0. The Hall–Kier alpha value is -1.42. The molecule has 0 aliphatic heterocycles. The number of hydrogen-bond donors (Lipinski definition) is 0. The molecule has 0 unspecified atom stereocenters. The van der Waals surface area contributed by atoms with Gasteiger partial charge in [-0.25, -0.2) is 13.8 Å². The van der Waals surface area contributed by atoms with Crippen molar-refractivity contribution in [1.82, 2.24) is 4.98 Å². The van der Waals surface area contributed by atoms with E-state index in [4.69, 9.17) is 16.0 Å². The van der Waals surface area contributed by atoms with Gasteiger partial charge in [-0.15, -0.1) is 11.6 Å². The number of benzene rings is 1. The lowest BCUT2D eigenvalue weighted by atomic mass is 10.2. The molecule has 0 fully saturated rings. The summed E-state index contributed by atoms with van der Waals surface area (Å²) in [5, 5.41) is 0. The van der Waals surface area contributed by atoms with E-state index in [2.05, 4.69) is 4.98 Å². The molecule has 16 heavy (non-hydrogen) atoms. The number of aromatic nitrogens is 1. The molecule has 0 N–H and O–H groups in total. The summed E-state index contributed by atoms with van der Waals surface area (Å²) < 4.78 is 31.6. The Morgan fingerprint density at radius 3 is 2.88 bits per heavy atom. The first-order valence-electron chi connectivity index (χ1n) is 4.67. The minimum absolute atomic E-state index is 0.0633. The highest BCUT2D eigenvalue weighted by Gasteiger charge is 2.13. The largest absolute Gasteiger partial charge is 0.441 e. The molecule has 84 valence electrons. The number of aryl methyl sites for hydroxylation is 1. The van der Waals surface area contributed by atoms with Crippen molar-refractivity contribution in [2.24, 2.45) is 0 Å². The molecule has 0 saturated heterocycles. The van der Waals surface area contributed by atoms with Gasteiger partial charge in [0.2, 0.25) is 0 Å². The van der Waals surface area contributed by atoms with E-state index in [1.165, 1.54) is 18.3 Å². The van der Waals surface area contributed by atoms with Gasteiger partial charge in [-0.1, -0.05) is 6.07 Å². The Bertz CT molecular complexity index is 498. The lowest BCUT2D eigenvalue weighted by Crippen LogP contribution is -1.87. The van der Waals surface area contributed by atoms with E-state index in [0.717, 1.165) is 6.07 Å². The van der Waals surface area contributed by atoms with Crippen molar-refractivity contribution in [1.29, 1.82) is 0 Å². The average Bonchev–Trinajstić information content (AvgIpc) is 2.71. The number of halogens is 3. The highest BCUT2D eigenvalue weighted by molar-refractivity contribution is 6.17.